The van der Waals surface area contributed by atoms with Gasteiger partial charge in [-0.15, -0.1) is 0 Å². The van der Waals surface area contributed by atoms with Gasteiger partial charge in [-0.25, -0.2) is 0 Å². The maximum absolute atomic E-state index is 12.6. The van der Waals surface area contributed by atoms with Crippen LogP contribution in [0.1, 0.15) is 29.5 Å². The Morgan fingerprint density at radius 3 is 2.28 bits per heavy atom. The first-order valence-corrected chi connectivity index (χ1v) is 9.65. The quantitative estimate of drug-likeness (QED) is 0.789. The molecule has 25 heavy (non-hydrogen) atoms. The number of carbonyl (C=O) groups is 1. The molecule has 0 spiro atoms. The van der Waals surface area contributed by atoms with Crippen LogP contribution in [0.5, 0.6) is 0 Å². The van der Waals surface area contributed by atoms with Gasteiger partial charge in [0, 0.05) is 22.6 Å². The van der Waals surface area contributed by atoms with Gasteiger partial charge in [0.05, 0.1) is 0 Å². The van der Waals surface area contributed by atoms with Crippen LogP contribution in [0.2, 0.25) is 0 Å². The van der Waals surface area contributed by atoms with Gasteiger partial charge in [0.25, 0.3) is 0 Å². The summed E-state index contributed by atoms with van der Waals surface area (Å²) in [6, 6.07) is 14.7. The first-order chi connectivity index (χ1) is 12.0. The highest BCUT2D eigenvalue weighted by Gasteiger charge is 2.25. The lowest BCUT2D eigenvalue weighted by Gasteiger charge is -2.31. The van der Waals surface area contributed by atoms with Crippen molar-refractivity contribution < 1.29 is 4.79 Å². The van der Waals surface area contributed by atoms with Gasteiger partial charge >= 0.3 is 0 Å². The van der Waals surface area contributed by atoms with Gasteiger partial charge in [0.2, 0.25) is 5.91 Å². The second kappa shape index (κ2) is 8.15. The summed E-state index contributed by atoms with van der Waals surface area (Å²) in [5.41, 5.74) is 4.60. The van der Waals surface area contributed by atoms with E-state index in [4.69, 9.17) is 0 Å². The van der Waals surface area contributed by atoms with E-state index in [1.807, 2.05) is 12.1 Å². The van der Waals surface area contributed by atoms with Gasteiger partial charge in [0.15, 0.2) is 0 Å². The van der Waals surface area contributed by atoms with Crippen LogP contribution in [-0.2, 0) is 11.3 Å². The van der Waals surface area contributed by atoms with Crippen molar-refractivity contribution in [2.24, 2.45) is 5.92 Å². The molecule has 1 amide bonds. The first-order valence-electron chi connectivity index (χ1n) is 8.85. The van der Waals surface area contributed by atoms with Gasteiger partial charge in [-0.3, -0.25) is 9.69 Å². The number of nitrogens with zero attached hydrogens (tertiary/aromatic N) is 1. The van der Waals surface area contributed by atoms with Gasteiger partial charge in [0.1, 0.15) is 0 Å². The maximum atomic E-state index is 12.6. The fourth-order valence-corrected chi connectivity index (χ4v) is 3.76. The summed E-state index contributed by atoms with van der Waals surface area (Å²) >= 11 is 3.47. The molecule has 1 fully saturated rings. The Bertz CT molecular complexity index is 714. The van der Waals surface area contributed by atoms with E-state index in [0.29, 0.717) is 0 Å². The van der Waals surface area contributed by atoms with Crippen molar-refractivity contribution in [1.29, 1.82) is 0 Å². The number of benzene rings is 2. The second-order valence-electron chi connectivity index (χ2n) is 7.04. The number of anilines is 1. The molecule has 1 N–H and O–H groups in total. The molecule has 132 valence electrons. The number of amides is 1. The fraction of sp³-hybridized carbons (Fsp3) is 0.381. The van der Waals surface area contributed by atoms with Crippen LogP contribution in [0.4, 0.5) is 5.69 Å². The molecule has 0 aromatic heterocycles. The Balaban J connectivity index is 1.51. The largest absolute Gasteiger partial charge is 0.326 e. The Morgan fingerprint density at radius 1 is 1.08 bits per heavy atom. The maximum Gasteiger partial charge on any atom is 0.227 e. The molecule has 2 aromatic carbocycles. The third-order valence-corrected chi connectivity index (χ3v) is 5.30. The van der Waals surface area contributed by atoms with Crippen LogP contribution in [0.15, 0.2) is 46.9 Å². The molecule has 0 unspecified atom stereocenters. The van der Waals surface area contributed by atoms with E-state index in [1.54, 1.807) is 0 Å². The number of halogens is 1. The van der Waals surface area contributed by atoms with Crippen molar-refractivity contribution in [2.75, 3.05) is 18.4 Å². The van der Waals surface area contributed by atoms with E-state index in [9.17, 15) is 4.79 Å². The summed E-state index contributed by atoms with van der Waals surface area (Å²) in [6.07, 6.45) is 1.85. The lowest BCUT2D eigenvalue weighted by atomic mass is 9.95. The van der Waals surface area contributed by atoms with Crippen molar-refractivity contribution in [3.8, 4) is 0 Å². The van der Waals surface area contributed by atoms with E-state index in [0.717, 1.165) is 42.6 Å². The monoisotopic (exact) mass is 400 g/mol. The Kier molecular flexibility index (Phi) is 5.92. The molecule has 1 heterocycles. The highest BCUT2D eigenvalue weighted by molar-refractivity contribution is 9.10. The molecule has 0 bridgehead atoms. The topological polar surface area (TPSA) is 32.3 Å². The van der Waals surface area contributed by atoms with Gasteiger partial charge in [-0.2, -0.15) is 0 Å². The van der Waals surface area contributed by atoms with Crippen LogP contribution in [-0.4, -0.2) is 23.9 Å². The van der Waals surface area contributed by atoms with E-state index in [2.05, 4.69) is 70.3 Å². The summed E-state index contributed by atoms with van der Waals surface area (Å²) in [5.74, 6) is 0.273. The van der Waals surface area contributed by atoms with Crippen LogP contribution >= 0.6 is 15.9 Å². The van der Waals surface area contributed by atoms with E-state index >= 15 is 0 Å². The minimum Gasteiger partial charge on any atom is -0.326 e. The zero-order valence-corrected chi connectivity index (χ0v) is 16.5. The summed E-state index contributed by atoms with van der Waals surface area (Å²) in [4.78, 5) is 15.0. The summed E-state index contributed by atoms with van der Waals surface area (Å²) in [6.45, 7) is 7.02. The lowest BCUT2D eigenvalue weighted by molar-refractivity contribution is -0.121. The van der Waals surface area contributed by atoms with E-state index < -0.39 is 0 Å². The highest BCUT2D eigenvalue weighted by Crippen LogP contribution is 2.22. The molecule has 4 heteroatoms. The number of likely N-dealkylation sites (tertiary alicyclic amines) is 1. The van der Waals surface area contributed by atoms with Gasteiger partial charge in [-0.1, -0.05) is 34.1 Å². The van der Waals surface area contributed by atoms with Crippen molar-refractivity contribution >= 4 is 27.5 Å². The van der Waals surface area contributed by atoms with Crippen LogP contribution < -0.4 is 5.32 Å². The summed E-state index contributed by atoms with van der Waals surface area (Å²) in [7, 11) is 0. The minimum atomic E-state index is 0.113. The zero-order chi connectivity index (χ0) is 17.8. The van der Waals surface area contributed by atoms with Crippen LogP contribution in [0, 0.1) is 19.8 Å². The predicted octanol–water partition coefficient (Wildman–Crippen LogP) is 4.92. The average molecular weight is 401 g/mol. The molecule has 3 nitrogen and oxygen atoms in total. The predicted molar refractivity (Wildman–Crippen MR) is 107 cm³/mol. The molecule has 1 aliphatic heterocycles. The van der Waals surface area contributed by atoms with Crippen LogP contribution in [0.25, 0.3) is 0 Å². The van der Waals surface area contributed by atoms with E-state index in [1.165, 1.54) is 16.7 Å². The third-order valence-electron chi connectivity index (χ3n) is 4.77. The number of aryl methyl sites for hydroxylation is 2. The standard InChI is InChI=1S/C21H25BrN2O/c1-15-11-16(2)13-20(12-15)23-21(25)18-7-9-24(10-8-18)14-17-3-5-19(22)6-4-17/h3-6,11-13,18H,7-10,14H2,1-2H3,(H,23,25). The summed E-state index contributed by atoms with van der Waals surface area (Å²) in [5, 5.41) is 3.10. The number of nitrogens with one attached hydrogen (secondary N) is 1. The van der Waals surface area contributed by atoms with Gasteiger partial charge < -0.3 is 5.32 Å². The number of hydrogen-bond donors (Lipinski definition) is 1. The number of carbonyl (C=O) groups excluding carboxylic acids is 1. The molecule has 0 radical (unpaired) electrons. The minimum absolute atomic E-state index is 0.113. The van der Waals surface area contributed by atoms with Crippen molar-refractivity contribution in [2.45, 2.75) is 33.2 Å². The number of piperidine rings is 1. The molecule has 0 saturated carbocycles. The smallest absolute Gasteiger partial charge is 0.227 e. The normalized spacial score (nSPS) is 16.0. The molecule has 1 saturated heterocycles. The van der Waals surface area contributed by atoms with Crippen molar-refractivity contribution in [1.82, 2.24) is 4.90 Å². The van der Waals surface area contributed by atoms with Gasteiger partial charge in [-0.05, 0) is 80.7 Å². The first kappa shape index (κ1) is 18.2. The molecule has 3 rings (SSSR count). The number of hydrogen-bond acceptors (Lipinski definition) is 2. The Labute approximate surface area is 158 Å². The third kappa shape index (κ3) is 5.16. The average Bonchev–Trinajstić information content (AvgIpc) is 2.56. The molecule has 0 aliphatic carbocycles. The highest BCUT2D eigenvalue weighted by atomic mass is 79.9. The van der Waals surface area contributed by atoms with Crippen molar-refractivity contribution in [3.63, 3.8) is 0 Å². The van der Waals surface area contributed by atoms with E-state index in [-0.39, 0.29) is 11.8 Å². The lowest BCUT2D eigenvalue weighted by Crippen LogP contribution is -2.37. The molecular weight excluding hydrogens is 376 g/mol. The SMILES string of the molecule is Cc1cc(C)cc(NC(=O)C2CCN(Cc3ccc(Br)cc3)CC2)c1. The molecule has 2 aromatic rings. The zero-order valence-electron chi connectivity index (χ0n) is 14.9. The molecule has 0 atom stereocenters. The number of rotatable bonds is 4. The summed E-state index contributed by atoms with van der Waals surface area (Å²) < 4.78 is 1.11. The Hall–Kier alpha value is -1.65. The molecule has 1 aliphatic rings. The Morgan fingerprint density at radius 2 is 1.68 bits per heavy atom. The molecular formula is C21H25BrN2O. The van der Waals surface area contributed by atoms with Crippen LogP contribution in [0.3, 0.4) is 0 Å². The second-order valence-corrected chi connectivity index (χ2v) is 7.96. The fourth-order valence-electron chi connectivity index (χ4n) is 3.49. The van der Waals surface area contributed by atoms with Crippen molar-refractivity contribution in [3.05, 3.63) is 63.6 Å².